The Morgan fingerprint density at radius 3 is 2.40 bits per heavy atom. The summed E-state index contributed by atoms with van der Waals surface area (Å²) < 4.78 is 113. The van der Waals surface area contributed by atoms with Gasteiger partial charge in [0.05, 0.1) is 34.6 Å². The summed E-state index contributed by atoms with van der Waals surface area (Å²) in [6.07, 6.45) is -2.04. The SMILES string of the molecule is Cc1c(F)cc(C(N)=NCc2cc(OCc3cncc(C(F)(F)F)c3)c(F)cn2)n1S(=O)(=O)c1ccc(F)cc1. The lowest BCUT2D eigenvalue weighted by Crippen LogP contribution is -2.24. The second kappa shape index (κ2) is 11.0. The van der Waals surface area contributed by atoms with Crippen LogP contribution in [0.25, 0.3) is 0 Å². The van der Waals surface area contributed by atoms with E-state index in [2.05, 4.69) is 15.0 Å². The molecule has 0 aliphatic carbocycles. The van der Waals surface area contributed by atoms with E-state index in [4.69, 9.17) is 10.5 Å². The molecule has 0 bridgehead atoms. The molecule has 0 aliphatic rings. The normalized spacial score (nSPS) is 12.5. The van der Waals surface area contributed by atoms with Crippen molar-refractivity contribution in [1.29, 1.82) is 0 Å². The number of alkyl halides is 3. The first kappa shape index (κ1) is 28.6. The van der Waals surface area contributed by atoms with E-state index >= 15 is 0 Å². The van der Waals surface area contributed by atoms with E-state index in [0.717, 1.165) is 54.9 Å². The fraction of sp³-hybridized carbons (Fsp3) is 0.160. The lowest BCUT2D eigenvalue weighted by molar-refractivity contribution is -0.137. The Balaban J connectivity index is 1.56. The van der Waals surface area contributed by atoms with Crippen LogP contribution < -0.4 is 10.5 Å². The summed E-state index contributed by atoms with van der Waals surface area (Å²) in [6.45, 7) is 0.449. The molecule has 0 saturated carbocycles. The van der Waals surface area contributed by atoms with Crippen LogP contribution in [0, 0.1) is 24.4 Å². The molecule has 2 N–H and O–H groups in total. The van der Waals surface area contributed by atoms with Crippen LogP contribution in [0.5, 0.6) is 5.75 Å². The minimum atomic E-state index is -4.62. The molecule has 8 nitrogen and oxygen atoms in total. The molecule has 0 radical (unpaired) electrons. The third-order valence-corrected chi connectivity index (χ3v) is 7.37. The van der Waals surface area contributed by atoms with Gasteiger partial charge in [-0.05, 0) is 37.3 Å². The van der Waals surface area contributed by atoms with Gasteiger partial charge >= 0.3 is 6.18 Å². The van der Waals surface area contributed by atoms with Gasteiger partial charge in [-0.25, -0.2) is 25.6 Å². The molecule has 0 saturated heterocycles. The van der Waals surface area contributed by atoms with Crippen molar-refractivity contribution in [2.24, 2.45) is 10.7 Å². The van der Waals surface area contributed by atoms with E-state index in [-0.39, 0.29) is 39.8 Å². The van der Waals surface area contributed by atoms with Gasteiger partial charge in [-0.2, -0.15) is 13.2 Å². The van der Waals surface area contributed by atoms with Gasteiger partial charge in [-0.3, -0.25) is 15.0 Å². The molecule has 0 unspecified atom stereocenters. The number of nitrogens with zero attached hydrogens (tertiary/aromatic N) is 4. The maximum atomic E-state index is 14.5. The molecule has 0 aliphatic heterocycles. The number of pyridine rings is 2. The molecule has 4 rings (SSSR count). The molecule has 4 aromatic rings. The molecule has 3 aromatic heterocycles. The van der Waals surface area contributed by atoms with Crippen molar-refractivity contribution in [3.63, 3.8) is 0 Å². The van der Waals surface area contributed by atoms with Crippen molar-refractivity contribution in [2.75, 3.05) is 0 Å². The van der Waals surface area contributed by atoms with E-state index in [0.29, 0.717) is 10.2 Å². The molecule has 3 heterocycles. The largest absolute Gasteiger partial charge is 0.486 e. The first-order valence-electron chi connectivity index (χ1n) is 11.2. The van der Waals surface area contributed by atoms with Crippen molar-refractivity contribution in [1.82, 2.24) is 13.9 Å². The highest BCUT2D eigenvalue weighted by Gasteiger charge is 2.31. The molecule has 40 heavy (non-hydrogen) atoms. The van der Waals surface area contributed by atoms with Gasteiger partial charge in [0.1, 0.15) is 29.8 Å². The molecule has 0 atom stereocenters. The van der Waals surface area contributed by atoms with Gasteiger partial charge in [0.25, 0.3) is 10.0 Å². The van der Waals surface area contributed by atoms with Crippen molar-refractivity contribution in [3.8, 4) is 5.75 Å². The Hall–Kier alpha value is -4.40. The van der Waals surface area contributed by atoms with Crippen LogP contribution in [-0.2, 0) is 29.4 Å². The van der Waals surface area contributed by atoms with Crippen LogP contribution in [0.4, 0.5) is 26.3 Å². The van der Waals surface area contributed by atoms with E-state index in [1.807, 2.05) is 0 Å². The quantitative estimate of drug-likeness (QED) is 0.182. The summed E-state index contributed by atoms with van der Waals surface area (Å²) in [5.74, 6) is -3.21. The Kier molecular flexibility index (Phi) is 7.86. The van der Waals surface area contributed by atoms with Crippen LogP contribution in [0.1, 0.15) is 28.2 Å². The van der Waals surface area contributed by atoms with Crippen LogP contribution in [0.3, 0.4) is 0 Å². The predicted molar refractivity (Wildman–Crippen MR) is 130 cm³/mol. The summed E-state index contributed by atoms with van der Waals surface area (Å²) in [4.78, 5) is 11.1. The number of rotatable bonds is 8. The summed E-state index contributed by atoms with van der Waals surface area (Å²) in [5.41, 5.74) is 4.52. The number of halogens is 6. The first-order chi connectivity index (χ1) is 18.8. The summed E-state index contributed by atoms with van der Waals surface area (Å²) in [7, 11) is -4.39. The highest BCUT2D eigenvalue weighted by molar-refractivity contribution is 7.90. The zero-order valence-corrected chi connectivity index (χ0v) is 21.3. The van der Waals surface area contributed by atoms with Crippen LogP contribution in [0.15, 0.2) is 70.9 Å². The lowest BCUT2D eigenvalue weighted by atomic mass is 10.2. The number of ether oxygens (including phenoxy) is 1. The first-order valence-corrected chi connectivity index (χ1v) is 12.7. The fourth-order valence-corrected chi connectivity index (χ4v) is 5.09. The number of aliphatic imine (C=N–C) groups is 1. The average molecular weight is 584 g/mol. The van der Waals surface area contributed by atoms with Crippen molar-refractivity contribution >= 4 is 15.9 Å². The smallest absolute Gasteiger partial charge is 0.417 e. The maximum Gasteiger partial charge on any atom is 0.417 e. The van der Waals surface area contributed by atoms with E-state index in [9.17, 15) is 34.8 Å². The number of hydrogen-bond acceptors (Lipinski definition) is 6. The number of hydrogen-bond donors (Lipinski definition) is 1. The second-order valence-electron chi connectivity index (χ2n) is 8.36. The summed E-state index contributed by atoms with van der Waals surface area (Å²) >= 11 is 0. The second-order valence-corrected chi connectivity index (χ2v) is 10.1. The van der Waals surface area contributed by atoms with Crippen molar-refractivity contribution in [2.45, 2.75) is 31.1 Å². The molecule has 1 aromatic carbocycles. The summed E-state index contributed by atoms with van der Waals surface area (Å²) in [5, 5.41) is 0. The fourth-order valence-electron chi connectivity index (χ4n) is 3.55. The number of nitrogens with two attached hydrogens (primary N) is 1. The van der Waals surface area contributed by atoms with Gasteiger partial charge in [0.15, 0.2) is 11.6 Å². The molecule has 210 valence electrons. The van der Waals surface area contributed by atoms with Gasteiger partial charge < -0.3 is 10.5 Å². The van der Waals surface area contributed by atoms with E-state index in [1.165, 1.54) is 6.92 Å². The molecular weight excluding hydrogens is 564 g/mol. The molecule has 15 heteroatoms. The zero-order valence-electron chi connectivity index (χ0n) is 20.5. The molecule has 0 spiro atoms. The molecule has 0 amide bonds. The monoisotopic (exact) mass is 583 g/mol. The topological polar surface area (TPSA) is 112 Å². The number of benzene rings is 1. The lowest BCUT2D eigenvalue weighted by Gasteiger charge is -2.12. The van der Waals surface area contributed by atoms with Gasteiger partial charge in [0, 0.05) is 30.1 Å². The van der Waals surface area contributed by atoms with Crippen LogP contribution >= 0.6 is 0 Å². The summed E-state index contributed by atoms with van der Waals surface area (Å²) in [6, 6.07) is 6.70. The highest BCUT2D eigenvalue weighted by Crippen LogP contribution is 2.29. The standard InChI is InChI=1S/C25H19F6N5O3S/c1-14-20(27)8-22(36(14)40(37,38)19-4-2-17(26)3-5-19)24(32)35-11-18-7-23(21(28)12-34-18)39-13-15-6-16(10-33-9-15)25(29,30)31/h2-10,12H,11,13H2,1H3,(H2,32,35). The third kappa shape index (κ3) is 6.09. The predicted octanol–water partition coefficient (Wildman–Crippen LogP) is 4.74. The van der Waals surface area contributed by atoms with Crippen LogP contribution in [-0.4, -0.2) is 28.2 Å². The minimum Gasteiger partial charge on any atom is -0.486 e. The van der Waals surface area contributed by atoms with Gasteiger partial charge in [-0.15, -0.1) is 0 Å². The van der Waals surface area contributed by atoms with Crippen LogP contribution in [0.2, 0.25) is 0 Å². The van der Waals surface area contributed by atoms with E-state index in [1.54, 1.807) is 0 Å². The van der Waals surface area contributed by atoms with Crippen molar-refractivity contribution in [3.05, 3.63) is 107 Å². The number of aromatic nitrogens is 3. The molecular formula is C25H19F6N5O3S. The van der Waals surface area contributed by atoms with Gasteiger partial charge in [0.2, 0.25) is 0 Å². The Bertz CT molecular complexity index is 1690. The Labute approximate surface area is 223 Å². The van der Waals surface area contributed by atoms with Crippen molar-refractivity contribution < 1.29 is 39.5 Å². The van der Waals surface area contributed by atoms with Gasteiger partial charge in [-0.1, -0.05) is 0 Å². The maximum absolute atomic E-state index is 14.5. The minimum absolute atomic E-state index is 0.0374. The zero-order chi connectivity index (χ0) is 29.2. The Morgan fingerprint density at radius 2 is 1.73 bits per heavy atom. The molecule has 0 fully saturated rings. The Morgan fingerprint density at radius 1 is 1.02 bits per heavy atom. The third-order valence-electron chi connectivity index (χ3n) is 5.55. The van der Waals surface area contributed by atoms with E-state index < -0.39 is 51.7 Å². The highest BCUT2D eigenvalue weighted by atomic mass is 32.2. The number of amidine groups is 1. The average Bonchev–Trinajstić information content (AvgIpc) is 3.22.